The molecular formula is C14H18N2S. The highest BCUT2D eigenvalue weighted by molar-refractivity contribution is 7.07. The first-order valence-electron chi connectivity index (χ1n) is 5.70. The van der Waals surface area contributed by atoms with Crippen LogP contribution in [0.4, 0.5) is 5.69 Å². The molecule has 1 aromatic heterocycles. The second-order valence-corrected chi connectivity index (χ2v) is 5.27. The van der Waals surface area contributed by atoms with Crippen LogP contribution in [0.1, 0.15) is 16.7 Å². The predicted molar refractivity (Wildman–Crippen MR) is 75.1 cm³/mol. The number of aryl methyl sites for hydroxylation is 1. The van der Waals surface area contributed by atoms with Crippen LogP contribution in [-0.4, -0.2) is 11.9 Å². The first kappa shape index (κ1) is 12.1. The van der Waals surface area contributed by atoms with Crippen LogP contribution in [0.3, 0.4) is 0 Å². The summed E-state index contributed by atoms with van der Waals surface area (Å²) in [5.74, 6) is 0. The van der Waals surface area contributed by atoms with E-state index in [0.29, 0.717) is 0 Å². The molecule has 0 bridgehead atoms. The molecule has 17 heavy (non-hydrogen) atoms. The molecule has 0 atom stereocenters. The third-order valence-corrected chi connectivity index (χ3v) is 3.55. The third-order valence-electron chi connectivity index (χ3n) is 2.82. The number of rotatable bonds is 4. The van der Waals surface area contributed by atoms with E-state index in [4.69, 9.17) is 5.73 Å². The SMILES string of the molecule is Cc1cc(CN(C)Cc2ccsc2)ccc1N. The van der Waals surface area contributed by atoms with Gasteiger partial charge in [0.25, 0.3) is 0 Å². The second-order valence-electron chi connectivity index (χ2n) is 4.49. The average molecular weight is 246 g/mol. The molecule has 0 fully saturated rings. The third kappa shape index (κ3) is 3.32. The summed E-state index contributed by atoms with van der Waals surface area (Å²) < 4.78 is 0. The Bertz CT molecular complexity index is 477. The van der Waals surface area contributed by atoms with Crippen molar-refractivity contribution >= 4 is 17.0 Å². The topological polar surface area (TPSA) is 29.3 Å². The Morgan fingerprint density at radius 1 is 1.18 bits per heavy atom. The summed E-state index contributed by atoms with van der Waals surface area (Å²) in [4.78, 5) is 2.31. The van der Waals surface area contributed by atoms with Crippen molar-refractivity contribution in [2.45, 2.75) is 20.0 Å². The van der Waals surface area contributed by atoms with Gasteiger partial charge in [-0.15, -0.1) is 0 Å². The van der Waals surface area contributed by atoms with Gasteiger partial charge in [0.1, 0.15) is 0 Å². The number of benzene rings is 1. The largest absolute Gasteiger partial charge is 0.399 e. The monoisotopic (exact) mass is 246 g/mol. The lowest BCUT2D eigenvalue weighted by molar-refractivity contribution is 0.319. The molecule has 90 valence electrons. The number of nitrogens with zero attached hydrogens (tertiary/aromatic N) is 1. The Balaban J connectivity index is 1.98. The summed E-state index contributed by atoms with van der Waals surface area (Å²) in [6.45, 7) is 4.00. The molecule has 2 rings (SSSR count). The molecule has 1 aromatic carbocycles. The van der Waals surface area contributed by atoms with Crippen LogP contribution in [0.2, 0.25) is 0 Å². The zero-order chi connectivity index (χ0) is 12.3. The number of hydrogen-bond donors (Lipinski definition) is 1. The molecule has 2 nitrogen and oxygen atoms in total. The van der Waals surface area contributed by atoms with Crippen LogP contribution in [-0.2, 0) is 13.1 Å². The Morgan fingerprint density at radius 3 is 2.59 bits per heavy atom. The zero-order valence-electron chi connectivity index (χ0n) is 10.3. The van der Waals surface area contributed by atoms with Gasteiger partial charge >= 0.3 is 0 Å². The van der Waals surface area contributed by atoms with Crippen molar-refractivity contribution in [2.24, 2.45) is 0 Å². The fourth-order valence-electron chi connectivity index (χ4n) is 1.90. The van der Waals surface area contributed by atoms with E-state index in [1.807, 2.05) is 6.07 Å². The van der Waals surface area contributed by atoms with Crippen molar-refractivity contribution in [1.82, 2.24) is 4.90 Å². The van der Waals surface area contributed by atoms with Crippen LogP contribution in [0.5, 0.6) is 0 Å². The summed E-state index contributed by atoms with van der Waals surface area (Å²) in [7, 11) is 2.14. The molecule has 0 amide bonds. The van der Waals surface area contributed by atoms with E-state index in [0.717, 1.165) is 24.3 Å². The molecule has 0 unspecified atom stereocenters. The Hall–Kier alpha value is -1.32. The maximum absolute atomic E-state index is 5.82. The molecule has 0 aliphatic carbocycles. The van der Waals surface area contributed by atoms with Crippen molar-refractivity contribution in [3.05, 3.63) is 51.7 Å². The average Bonchev–Trinajstić information content (AvgIpc) is 2.76. The van der Waals surface area contributed by atoms with Crippen LogP contribution in [0.25, 0.3) is 0 Å². The number of anilines is 1. The highest BCUT2D eigenvalue weighted by atomic mass is 32.1. The van der Waals surface area contributed by atoms with Gasteiger partial charge in [-0.05, 0) is 53.6 Å². The quantitative estimate of drug-likeness (QED) is 0.839. The Kier molecular flexibility index (Phi) is 3.82. The van der Waals surface area contributed by atoms with Gasteiger partial charge in [0.2, 0.25) is 0 Å². The van der Waals surface area contributed by atoms with Gasteiger partial charge in [-0.2, -0.15) is 11.3 Å². The number of hydrogen-bond acceptors (Lipinski definition) is 3. The van der Waals surface area contributed by atoms with Crippen LogP contribution >= 0.6 is 11.3 Å². The van der Waals surface area contributed by atoms with Gasteiger partial charge in [0.15, 0.2) is 0 Å². The van der Waals surface area contributed by atoms with Gasteiger partial charge < -0.3 is 5.73 Å². The van der Waals surface area contributed by atoms with Gasteiger partial charge in [0, 0.05) is 18.8 Å². The fourth-order valence-corrected chi connectivity index (χ4v) is 2.56. The minimum absolute atomic E-state index is 0.870. The van der Waals surface area contributed by atoms with Crippen molar-refractivity contribution in [2.75, 3.05) is 12.8 Å². The van der Waals surface area contributed by atoms with Crippen LogP contribution in [0.15, 0.2) is 35.0 Å². The second kappa shape index (κ2) is 5.34. The van der Waals surface area contributed by atoms with Crippen molar-refractivity contribution < 1.29 is 0 Å². The normalized spacial score (nSPS) is 11.0. The molecular weight excluding hydrogens is 228 g/mol. The van der Waals surface area contributed by atoms with E-state index < -0.39 is 0 Å². The van der Waals surface area contributed by atoms with Crippen LogP contribution in [0, 0.1) is 6.92 Å². The van der Waals surface area contributed by atoms with E-state index in [1.54, 1.807) is 11.3 Å². The number of nitrogens with two attached hydrogens (primary N) is 1. The minimum atomic E-state index is 0.870. The van der Waals surface area contributed by atoms with E-state index in [2.05, 4.69) is 47.8 Å². The molecule has 0 saturated carbocycles. The van der Waals surface area contributed by atoms with E-state index in [9.17, 15) is 0 Å². The summed E-state index contributed by atoms with van der Waals surface area (Å²) in [6, 6.07) is 8.43. The number of nitrogen functional groups attached to an aromatic ring is 1. The standard InChI is InChI=1S/C14H18N2S/c1-11-7-12(3-4-14(11)15)8-16(2)9-13-5-6-17-10-13/h3-7,10H,8-9,15H2,1-2H3. The summed E-state index contributed by atoms with van der Waals surface area (Å²) in [5.41, 5.74) is 10.5. The lowest BCUT2D eigenvalue weighted by atomic mass is 10.1. The molecule has 0 aliphatic heterocycles. The predicted octanol–water partition coefficient (Wildman–Crippen LogP) is 3.27. The summed E-state index contributed by atoms with van der Waals surface area (Å²) in [5, 5.41) is 4.32. The Morgan fingerprint density at radius 2 is 1.94 bits per heavy atom. The smallest absolute Gasteiger partial charge is 0.0343 e. The molecule has 0 saturated heterocycles. The summed E-state index contributed by atoms with van der Waals surface area (Å²) >= 11 is 1.75. The van der Waals surface area contributed by atoms with E-state index in [1.165, 1.54) is 11.1 Å². The number of thiophene rings is 1. The molecule has 2 aromatic rings. The maximum Gasteiger partial charge on any atom is 0.0343 e. The lowest BCUT2D eigenvalue weighted by Gasteiger charge is -2.16. The van der Waals surface area contributed by atoms with Crippen molar-refractivity contribution in [3.63, 3.8) is 0 Å². The lowest BCUT2D eigenvalue weighted by Crippen LogP contribution is -2.16. The highest BCUT2D eigenvalue weighted by Crippen LogP contribution is 2.15. The zero-order valence-corrected chi connectivity index (χ0v) is 11.1. The molecule has 3 heteroatoms. The molecule has 0 aliphatic rings. The molecule has 2 N–H and O–H groups in total. The van der Waals surface area contributed by atoms with Gasteiger partial charge in [-0.25, -0.2) is 0 Å². The van der Waals surface area contributed by atoms with E-state index >= 15 is 0 Å². The first-order valence-corrected chi connectivity index (χ1v) is 6.64. The van der Waals surface area contributed by atoms with E-state index in [-0.39, 0.29) is 0 Å². The minimum Gasteiger partial charge on any atom is -0.399 e. The van der Waals surface area contributed by atoms with Crippen LogP contribution < -0.4 is 5.73 Å². The molecule has 1 heterocycles. The fraction of sp³-hybridized carbons (Fsp3) is 0.286. The van der Waals surface area contributed by atoms with Crippen molar-refractivity contribution in [1.29, 1.82) is 0 Å². The first-order chi connectivity index (χ1) is 8.15. The molecule has 0 spiro atoms. The Labute approximate surface area is 107 Å². The van der Waals surface area contributed by atoms with Gasteiger partial charge in [-0.1, -0.05) is 12.1 Å². The maximum atomic E-state index is 5.82. The van der Waals surface area contributed by atoms with Crippen molar-refractivity contribution in [3.8, 4) is 0 Å². The van der Waals surface area contributed by atoms with Gasteiger partial charge in [-0.3, -0.25) is 4.90 Å². The van der Waals surface area contributed by atoms with Gasteiger partial charge in [0.05, 0.1) is 0 Å². The molecule has 0 radical (unpaired) electrons. The highest BCUT2D eigenvalue weighted by Gasteiger charge is 2.03. The summed E-state index contributed by atoms with van der Waals surface area (Å²) in [6.07, 6.45) is 0.